The number of fused-ring (bicyclic) bond motifs is 2. The predicted molar refractivity (Wildman–Crippen MR) is 90.1 cm³/mol. The number of aryl methyl sites for hydroxylation is 1. The minimum absolute atomic E-state index is 0.0908. The minimum atomic E-state index is -1.82. The normalized spacial score (nSPS) is 16.7. The van der Waals surface area contributed by atoms with E-state index in [0.29, 0.717) is 5.69 Å². The largest absolute Gasteiger partial charge is 0.479 e. The molecule has 0 fully saturated rings. The second-order valence-electron chi connectivity index (χ2n) is 6.22. The van der Waals surface area contributed by atoms with Gasteiger partial charge in [-0.15, -0.1) is 0 Å². The van der Waals surface area contributed by atoms with Crippen molar-refractivity contribution in [1.29, 1.82) is 0 Å². The molecule has 23 heavy (non-hydrogen) atoms. The number of carboxylic acids is 1. The van der Waals surface area contributed by atoms with E-state index in [1.807, 2.05) is 18.2 Å². The Morgan fingerprint density at radius 3 is 2.87 bits per heavy atom. The third kappa shape index (κ3) is 3.12. The molecule has 1 aliphatic rings. The van der Waals surface area contributed by atoms with Crippen LogP contribution in [0, 0.1) is 0 Å². The highest BCUT2D eigenvalue weighted by molar-refractivity contribution is 6.36. The van der Waals surface area contributed by atoms with E-state index in [0.717, 1.165) is 52.9 Å². The molecule has 1 aliphatic carbocycles. The molecule has 0 amide bonds. The first-order valence-electron chi connectivity index (χ1n) is 7.69. The molecule has 1 aromatic carbocycles. The third-order valence-corrected chi connectivity index (χ3v) is 4.72. The molecular weight excluding hydrogens is 316 g/mol. The molecule has 0 bridgehead atoms. The Morgan fingerprint density at radius 2 is 2.13 bits per heavy atom. The van der Waals surface area contributed by atoms with Gasteiger partial charge in [-0.3, -0.25) is 4.98 Å². The van der Waals surface area contributed by atoms with Crippen LogP contribution in [0.1, 0.15) is 31.0 Å². The summed E-state index contributed by atoms with van der Waals surface area (Å²) in [6, 6.07) is 5.55. The maximum absolute atomic E-state index is 10.9. The summed E-state index contributed by atoms with van der Waals surface area (Å²) in [6.07, 6.45) is 4.18. The van der Waals surface area contributed by atoms with Crippen LogP contribution in [0.4, 0.5) is 5.69 Å². The van der Waals surface area contributed by atoms with Crippen molar-refractivity contribution in [3.05, 3.63) is 34.5 Å². The van der Waals surface area contributed by atoms with Crippen molar-refractivity contribution in [1.82, 2.24) is 4.98 Å². The quantitative estimate of drug-likeness (QED) is 0.800. The summed E-state index contributed by atoms with van der Waals surface area (Å²) in [4.78, 5) is 15.7. The summed E-state index contributed by atoms with van der Waals surface area (Å²) in [5.74, 6) is -1.26. The summed E-state index contributed by atoms with van der Waals surface area (Å²) in [5.41, 5.74) is 1.88. The number of nitrogens with zero attached hydrogens (tertiary/aromatic N) is 1. The number of rotatable bonds is 4. The molecule has 122 valence electrons. The molecule has 2 aromatic rings. The number of aliphatic carboxylic acids is 1. The number of carbonyl (C=O) groups is 1. The lowest BCUT2D eigenvalue weighted by Gasteiger charge is -2.20. The van der Waals surface area contributed by atoms with E-state index in [4.69, 9.17) is 21.7 Å². The van der Waals surface area contributed by atoms with Crippen molar-refractivity contribution in [3.8, 4) is 0 Å². The lowest BCUT2D eigenvalue weighted by Crippen LogP contribution is -2.41. The molecule has 0 aliphatic heterocycles. The van der Waals surface area contributed by atoms with Crippen LogP contribution in [0.2, 0.25) is 5.02 Å². The van der Waals surface area contributed by atoms with Gasteiger partial charge < -0.3 is 15.5 Å². The van der Waals surface area contributed by atoms with Gasteiger partial charge in [-0.05, 0) is 56.4 Å². The molecule has 3 N–H and O–H groups in total. The van der Waals surface area contributed by atoms with Gasteiger partial charge in [0.05, 0.1) is 17.1 Å². The van der Waals surface area contributed by atoms with Gasteiger partial charge in [-0.25, -0.2) is 4.79 Å². The van der Waals surface area contributed by atoms with Gasteiger partial charge in [0.1, 0.15) is 0 Å². The van der Waals surface area contributed by atoms with Gasteiger partial charge in [0.25, 0.3) is 0 Å². The fraction of sp³-hybridized carbons (Fsp3) is 0.412. The van der Waals surface area contributed by atoms with E-state index >= 15 is 0 Å². The molecule has 6 heteroatoms. The third-order valence-electron chi connectivity index (χ3n) is 4.29. The van der Waals surface area contributed by atoms with Crippen molar-refractivity contribution in [3.63, 3.8) is 0 Å². The average molecular weight is 335 g/mol. The van der Waals surface area contributed by atoms with Crippen LogP contribution < -0.4 is 5.32 Å². The number of aromatic nitrogens is 1. The molecule has 1 unspecified atom stereocenters. The van der Waals surface area contributed by atoms with E-state index in [-0.39, 0.29) is 6.54 Å². The number of benzene rings is 1. The molecule has 5 nitrogen and oxygen atoms in total. The topological polar surface area (TPSA) is 82.5 Å². The van der Waals surface area contributed by atoms with Crippen molar-refractivity contribution < 1.29 is 15.0 Å². The van der Waals surface area contributed by atoms with Gasteiger partial charge in [0.15, 0.2) is 5.60 Å². The summed E-state index contributed by atoms with van der Waals surface area (Å²) in [6.45, 7) is 1.17. The van der Waals surface area contributed by atoms with Crippen molar-refractivity contribution in [2.75, 3.05) is 11.9 Å². The molecular formula is C17H19ClN2O3. The lowest BCUT2D eigenvalue weighted by atomic mass is 9.94. The number of hydrogen-bond acceptors (Lipinski definition) is 4. The van der Waals surface area contributed by atoms with Crippen molar-refractivity contribution in [2.45, 2.75) is 38.2 Å². The highest BCUT2D eigenvalue weighted by atomic mass is 35.5. The van der Waals surface area contributed by atoms with E-state index in [9.17, 15) is 9.90 Å². The van der Waals surface area contributed by atoms with Crippen molar-refractivity contribution >= 4 is 34.2 Å². The van der Waals surface area contributed by atoms with Gasteiger partial charge in [0.2, 0.25) is 0 Å². The highest BCUT2D eigenvalue weighted by Crippen LogP contribution is 2.33. The number of halogens is 1. The number of anilines is 1. The summed E-state index contributed by atoms with van der Waals surface area (Å²) in [5, 5.41) is 23.3. The Labute approximate surface area is 139 Å². The second-order valence-corrected chi connectivity index (χ2v) is 6.60. The van der Waals surface area contributed by atoms with Crippen LogP contribution in [-0.2, 0) is 17.6 Å². The summed E-state index contributed by atoms with van der Waals surface area (Å²) < 4.78 is 0. The number of nitrogens with one attached hydrogen (secondary N) is 1. The fourth-order valence-electron chi connectivity index (χ4n) is 2.83. The first-order chi connectivity index (χ1) is 10.9. The van der Waals surface area contributed by atoms with Crippen LogP contribution in [0.5, 0.6) is 0 Å². The van der Waals surface area contributed by atoms with Crippen LogP contribution in [0.15, 0.2) is 18.2 Å². The van der Waals surface area contributed by atoms with Crippen LogP contribution in [0.3, 0.4) is 0 Å². The number of pyridine rings is 1. The molecule has 0 radical (unpaired) electrons. The number of carboxylic acid groups (broad SMARTS) is 1. The van der Waals surface area contributed by atoms with E-state index in [1.54, 1.807) is 0 Å². The Morgan fingerprint density at radius 1 is 1.39 bits per heavy atom. The molecule has 0 spiro atoms. The molecule has 3 rings (SSSR count). The highest BCUT2D eigenvalue weighted by Gasteiger charge is 2.29. The Kier molecular flexibility index (Phi) is 4.17. The standard InChI is InChI=1S/C17H19ClN2O3/c1-17(23,16(21)22)9-19-10-6-7-12-14(8-10)20-13-5-3-2-4-11(13)15(12)18/h6-8,19,23H,2-5,9H2,1H3,(H,21,22). The van der Waals surface area contributed by atoms with Gasteiger partial charge in [-0.2, -0.15) is 0 Å². The lowest BCUT2D eigenvalue weighted by molar-refractivity contribution is -0.155. The summed E-state index contributed by atoms with van der Waals surface area (Å²) in [7, 11) is 0. The first-order valence-corrected chi connectivity index (χ1v) is 8.07. The van der Waals surface area contributed by atoms with E-state index in [1.165, 1.54) is 6.92 Å². The molecule has 1 heterocycles. The van der Waals surface area contributed by atoms with Crippen LogP contribution in [-0.4, -0.2) is 33.3 Å². The fourth-order valence-corrected chi connectivity index (χ4v) is 3.19. The number of hydrogen-bond donors (Lipinski definition) is 3. The second kappa shape index (κ2) is 5.98. The van der Waals surface area contributed by atoms with Crippen molar-refractivity contribution in [2.24, 2.45) is 0 Å². The number of aliphatic hydroxyl groups is 1. The maximum atomic E-state index is 10.9. The first kappa shape index (κ1) is 16.0. The van der Waals surface area contributed by atoms with Gasteiger partial charge in [-0.1, -0.05) is 11.6 Å². The zero-order valence-corrected chi connectivity index (χ0v) is 13.7. The Balaban J connectivity index is 1.91. The summed E-state index contributed by atoms with van der Waals surface area (Å²) >= 11 is 6.52. The van der Waals surface area contributed by atoms with Crippen LogP contribution in [0.25, 0.3) is 10.9 Å². The Hall–Kier alpha value is -1.85. The minimum Gasteiger partial charge on any atom is -0.479 e. The van der Waals surface area contributed by atoms with E-state index < -0.39 is 11.6 Å². The monoisotopic (exact) mass is 334 g/mol. The SMILES string of the molecule is CC(O)(CNc1ccc2c(Cl)c3c(nc2c1)CCCC3)C(=O)O. The average Bonchev–Trinajstić information content (AvgIpc) is 2.53. The molecule has 1 aromatic heterocycles. The zero-order chi connectivity index (χ0) is 16.6. The smallest absolute Gasteiger partial charge is 0.337 e. The van der Waals surface area contributed by atoms with Gasteiger partial charge >= 0.3 is 5.97 Å². The van der Waals surface area contributed by atoms with Gasteiger partial charge in [0, 0.05) is 16.8 Å². The van der Waals surface area contributed by atoms with Crippen LogP contribution >= 0.6 is 11.6 Å². The zero-order valence-electron chi connectivity index (χ0n) is 12.9. The molecule has 0 saturated carbocycles. The Bertz CT molecular complexity index is 774. The molecule has 0 saturated heterocycles. The predicted octanol–water partition coefficient (Wildman–Crippen LogP) is 3.01. The molecule has 1 atom stereocenters. The van der Waals surface area contributed by atoms with E-state index in [2.05, 4.69) is 5.32 Å². The maximum Gasteiger partial charge on any atom is 0.337 e.